The number of nitrogens with one attached hydrogen (secondary N) is 2. The van der Waals surface area contributed by atoms with Gasteiger partial charge in [-0.25, -0.2) is 9.37 Å². The molecular formula is C25H29FN6O. The molecule has 0 spiro atoms. The molecule has 0 atom stereocenters. The van der Waals surface area contributed by atoms with Gasteiger partial charge in [-0.05, 0) is 54.9 Å². The Hall–Kier alpha value is -3.52. The first-order valence-corrected chi connectivity index (χ1v) is 11.2. The van der Waals surface area contributed by atoms with Crippen LogP contribution in [-0.2, 0) is 13.0 Å². The van der Waals surface area contributed by atoms with Crippen LogP contribution in [-0.4, -0.2) is 60.5 Å². The standard InChI is InChI=1S/C25H29FN6O/c1-31-12-14-32(15-13-31)23-8-7-22(25(33)29-18-20-5-3-10-27-17-20)24(30-23)28-11-9-19-4-2-6-21(26)16-19/h2-8,10,16-17H,9,11-15,18H2,1H3,(H,28,30)(H,29,33). The molecule has 1 saturated heterocycles. The number of anilines is 2. The molecule has 0 aliphatic carbocycles. The van der Waals surface area contributed by atoms with E-state index in [-0.39, 0.29) is 11.7 Å². The summed E-state index contributed by atoms with van der Waals surface area (Å²) in [6.07, 6.45) is 4.05. The van der Waals surface area contributed by atoms with Crippen molar-refractivity contribution in [2.24, 2.45) is 0 Å². The molecule has 8 heteroatoms. The Morgan fingerprint density at radius 1 is 1.06 bits per heavy atom. The van der Waals surface area contributed by atoms with Gasteiger partial charge in [-0.1, -0.05) is 18.2 Å². The predicted octanol–water partition coefficient (Wildman–Crippen LogP) is 2.95. The van der Waals surface area contributed by atoms with Crippen molar-refractivity contribution >= 4 is 17.5 Å². The van der Waals surface area contributed by atoms with E-state index in [4.69, 9.17) is 4.98 Å². The Kier molecular flexibility index (Phi) is 7.47. The number of aromatic nitrogens is 2. The van der Waals surface area contributed by atoms with Gasteiger partial charge in [0.05, 0.1) is 5.56 Å². The summed E-state index contributed by atoms with van der Waals surface area (Å²) in [5.74, 6) is 0.925. The summed E-state index contributed by atoms with van der Waals surface area (Å²) in [5, 5.41) is 6.25. The van der Waals surface area contributed by atoms with E-state index < -0.39 is 0 Å². The van der Waals surface area contributed by atoms with Crippen molar-refractivity contribution in [2.75, 3.05) is 50.0 Å². The normalized spacial score (nSPS) is 14.2. The van der Waals surface area contributed by atoms with Crippen molar-refractivity contribution in [2.45, 2.75) is 13.0 Å². The molecule has 33 heavy (non-hydrogen) atoms. The van der Waals surface area contributed by atoms with E-state index in [0.717, 1.165) is 43.1 Å². The third kappa shape index (κ3) is 6.26. The second-order valence-corrected chi connectivity index (χ2v) is 8.21. The Morgan fingerprint density at radius 3 is 2.64 bits per heavy atom. The van der Waals surface area contributed by atoms with Crippen LogP contribution in [0.5, 0.6) is 0 Å². The zero-order valence-corrected chi connectivity index (χ0v) is 18.8. The number of piperazine rings is 1. The summed E-state index contributed by atoms with van der Waals surface area (Å²) < 4.78 is 13.5. The number of hydrogen-bond donors (Lipinski definition) is 2. The van der Waals surface area contributed by atoms with Gasteiger partial charge < -0.3 is 20.4 Å². The molecule has 0 unspecified atom stereocenters. The van der Waals surface area contributed by atoms with E-state index in [1.807, 2.05) is 30.3 Å². The fourth-order valence-electron chi connectivity index (χ4n) is 3.78. The number of halogens is 1. The highest BCUT2D eigenvalue weighted by Crippen LogP contribution is 2.21. The number of nitrogens with zero attached hydrogens (tertiary/aromatic N) is 4. The van der Waals surface area contributed by atoms with Crippen molar-refractivity contribution in [3.63, 3.8) is 0 Å². The van der Waals surface area contributed by atoms with Gasteiger partial charge in [-0.15, -0.1) is 0 Å². The number of benzene rings is 1. The lowest BCUT2D eigenvalue weighted by atomic mass is 10.1. The Labute approximate surface area is 193 Å². The van der Waals surface area contributed by atoms with Crippen LogP contribution in [0.25, 0.3) is 0 Å². The van der Waals surface area contributed by atoms with Gasteiger partial charge in [0.15, 0.2) is 0 Å². The lowest BCUT2D eigenvalue weighted by Crippen LogP contribution is -2.44. The third-order valence-corrected chi connectivity index (χ3v) is 5.72. The summed E-state index contributed by atoms with van der Waals surface area (Å²) in [6, 6.07) is 14.0. The highest BCUT2D eigenvalue weighted by Gasteiger charge is 2.19. The first-order chi connectivity index (χ1) is 16.1. The lowest BCUT2D eigenvalue weighted by Gasteiger charge is -2.33. The zero-order chi connectivity index (χ0) is 23.0. The van der Waals surface area contributed by atoms with Gasteiger partial charge in [-0.3, -0.25) is 9.78 Å². The number of carbonyl (C=O) groups excluding carboxylic acids is 1. The average Bonchev–Trinajstić information content (AvgIpc) is 2.84. The average molecular weight is 449 g/mol. The van der Waals surface area contributed by atoms with Crippen molar-refractivity contribution < 1.29 is 9.18 Å². The van der Waals surface area contributed by atoms with Crippen molar-refractivity contribution in [3.8, 4) is 0 Å². The second-order valence-electron chi connectivity index (χ2n) is 8.21. The van der Waals surface area contributed by atoms with Crippen LogP contribution >= 0.6 is 0 Å². The second kappa shape index (κ2) is 10.9. The predicted molar refractivity (Wildman–Crippen MR) is 128 cm³/mol. The number of rotatable bonds is 8. The number of pyridine rings is 2. The molecule has 4 rings (SSSR count). The highest BCUT2D eigenvalue weighted by atomic mass is 19.1. The molecule has 2 N–H and O–H groups in total. The molecule has 1 fully saturated rings. The first-order valence-electron chi connectivity index (χ1n) is 11.2. The molecule has 1 aliphatic heterocycles. The lowest BCUT2D eigenvalue weighted by molar-refractivity contribution is 0.0951. The SMILES string of the molecule is CN1CCN(c2ccc(C(=O)NCc3cccnc3)c(NCCc3cccc(F)c3)n2)CC1. The molecule has 172 valence electrons. The molecule has 0 radical (unpaired) electrons. The zero-order valence-electron chi connectivity index (χ0n) is 18.8. The van der Waals surface area contributed by atoms with E-state index in [1.54, 1.807) is 18.5 Å². The van der Waals surface area contributed by atoms with Crippen LogP contribution in [0.2, 0.25) is 0 Å². The van der Waals surface area contributed by atoms with E-state index >= 15 is 0 Å². The molecule has 1 aromatic carbocycles. The molecule has 3 aromatic rings. The summed E-state index contributed by atoms with van der Waals surface area (Å²) in [4.78, 5) is 26.4. The van der Waals surface area contributed by atoms with Crippen LogP contribution in [0.1, 0.15) is 21.5 Å². The summed E-state index contributed by atoms with van der Waals surface area (Å²) in [6.45, 7) is 4.63. The fraction of sp³-hybridized carbons (Fsp3) is 0.320. The van der Waals surface area contributed by atoms with Gasteiger partial charge in [0.1, 0.15) is 17.5 Å². The molecular weight excluding hydrogens is 419 g/mol. The smallest absolute Gasteiger partial charge is 0.255 e. The number of likely N-dealkylation sites (N-methyl/N-ethyl adjacent to an activating group) is 1. The molecule has 0 saturated carbocycles. The highest BCUT2D eigenvalue weighted by molar-refractivity contribution is 5.99. The Morgan fingerprint density at radius 2 is 1.88 bits per heavy atom. The number of carbonyl (C=O) groups is 1. The number of hydrogen-bond acceptors (Lipinski definition) is 6. The van der Waals surface area contributed by atoms with Gasteiger partial charge in [0.25, 0.3) is 5.91 Å². The summed E-state index contributed by atoms with van der Waals surface area (Å²) >= 11 is 0. The Balaban J connectivity index is 1.49. The topological polar surface area (TPSA) is 73.4 Å². The van der Waals surface area contributed by atoms with E-state index in [0.29, 0.717) is 30.9 Å². The largest absolute Gasteiger partial charge is 0.369 e. The molecule has 1 aliphatic rings. The minimum absolute atomic E-state index is 0.204. The maximum atomic E-state index is 13.5. The molecule has 1 amide bonds. The fourth-order valence-corrected chi connectivity index (χ4v) is 3.78. The number of amides is 1. The van der Waals surface area contributed by atoms with Gasteiger partial charge in [0, 0.05) is 51.7 Å². The Bertz CT molecular complexity index is 1070. The van der Waals surface area contributed by atoms with E-state index in [2.05, 4.69) is 32.5 Å². The maximum Gasteiger partial charge on any atom is 0.255 e. The van der Waals surface area contributed by atoms with E-state index in [9.17, 15) is 9.18 Å². The minimum atomic E-state index is -0.252. The van der Waals surface area contributed by atoms with Crippen molar-refractivity contribution in [1.29, 1.82) is 0 Å². The van der Waals surface area contributed by atoms with Gasteiger partial charge in [0.2, 0.25) is 0 Å². The monoisotopic (exact) mass is 448 g/mol. The molecule has 7 nitrogen and oxygen atoms in total. The van der Waals surface area contributed by atoms with Crippen LogP contribution in [0.15, 0.2) is 60.9 Å². The van der Waals surface area contributed by atoms with E-state index in [1.165, 1.54) is 12.1 Å². The van der Waals surface area contributed by atoms with Gasteiger partial charge >= 0.3 is 0 Å². The molecule has 2 aromatic heterocycles. The molecule has 0 bridgehead atoms. The summed E-state index contributed by atoms with van der Waals surface area (Å²) in [5.41, 5.74) is 2.30. The van der Waals surface area contributed by atoms with Crippen LogP contribution < -0.4 is 15.5 Å². The summed E-state index contributed by atoms with van der Waals surface area (Å²) in [7, 11) is 2.11. The van der Waals surface area contributed by atoms with Crippen LogP contribution in [0.4, 0.5) is 16.0 Å². The van der Waals surface area contributed by atoms with Gasteiger partial charge in [-0.2, -0.15) is 0 Å². The quantitative estimate of drug-likeness (QED) is 0.552. The van der Waals surface area contributed by atoms with Crippen LogP contribution in [0.3, 0.4) is 0 Å². The molecule has 3 heterocycles. The third-order valence-electron chi connectivity index (χ3n) is 5.72. The maximum absolute atomic E-state index is 13.5. The minimum Gasteiger partial charge on any atom is -0.369 e. The first kappa shape index (κ1) is 22.7. The van der Waals surface area contributed by atoms with Crippen molar-refractivity contribution in [3.05, 3.63) is 83.4 Å². The van der Waals surface area contributed by atoms with Crippen LogP contribution in [0, 0.1) is 5.82 Å². The van der Waals surface area contributed by atoms with Crippen molar-refractivity contribution in [1.82, 2.24) is 20.2 Å².